The van der Waals surface area contributed by atoms with E-state index < -0.39 is 9.84 Å². The SMILES string of the molecule is CS(=O)(=O)c1ccc(-c2cccc(NC(=O)c3cccc4ccccc34)c2)nn1. The van der Waals surface area contributed by atoms with Crippen molar-refractivity contribution >= 4 is 32.2 Å². The molecule has 1 heterocycles. The van der Waals surface area contributed by atoms with E-state index in [2.05, 4.69) is 15.5 Å². The van der Waals surface area contributed by atoms with E-state index in [4.69, 9.17) is 0 Å². The molecule has 4 rings (SSSR count). The first kappa shape index (κ1) is 18.8. The van der Waals surface area contributed by atoms with Gasteiger partial charge in [0.1, 0.15) is 0 Å². The summed E-state index contributed by atoms with van der Waals surface area (Å²) >= 11 is 0. The second kappa shape index (κ2) is 7.44. The molecule has 0 spiro atoms. The second-order valence-electron chi connectivity index (χ2n) is 6.59. The standard InChI is InChI=1S/C22H17N3O3S/c1-29(27,28)21-13-12-20(24-25-21)16-8-4-9-17(14-16)23-22(26)19-11-5-7-15-6-2-3-10-18(15)19/h2-14H,1H3,(H,23,26). The van der Waals surface area contributed by atoms with Gasteiger partial charge in [0, 0.05) is 23.1 Å². The van der Waals surface area contributed by atoms with Gasteiger partial charge in [0.05, 0.1) is 5.69 Å². The zero-order chi connectivity index (χ0) is 20.4. The molecule has 4 aromatic rings. The first-order valence-corrected chi connectivity index (χ1v) is 10.7. The lowest BCUT2D eigenvalue weighted by molar-refractivity contribution is 0.102. The van der Waals surface area contributed by atoms with E-state index in [-0.39, 0.29) is 10.9 Å². The summed E-state index contributed by atoms with van der Waals surface area (Å²) in [7, 11) is -3.41. The number of aromatic nitrogens is 2. The van der Waals surface area contributed by atoms with E-state index in [1.165, 1.54) is 6.07 Å². The highest BCUT2D eigenvalue weighted by molar-refractivity contribution is 7.90. The quantitative estimate of drug-likeness (QED) is 0.557. The Balaban J connectivity index is 1.61. The second-order valence-corrected chi connectivity index (χ2v) is 8.55. The van der Waals surface area contributed by atoms with Gasteiger partial charge in [-0.3, -0.25) is 4.79 Å². The fourth-order valence-corrected chi connectivity index (χ4v) is 3.55. The van der Waals surface area contributed by atoms with Gasteiger partial charge in [0.2, 0.25) is 0 Å². The van der Waals surface area contributed by atoms with Crippen LogP contribution < -0.4 is 5.32 Å². The first-order valence-electron chi connectivity index (χ1n) is 8.85. The van der Waals surface area contributed by atoms with Gasteiger partial charge in [0.25, 0.3) is 5.91 Å². The summed E-state index contributed by atoms with van der Waals surface area (Å²) in [5, 5.41) is 12.5. The van der Waals surface area contributed by atoms with Crippen molar-refractivity contribution in [2.75, 3.05) is 11.6 Å². The summed E-state index contributed by atoms with van der Waals surface area (Å²) in [5.41, 5.74) is 2.42. The molecular formula is C22H17N3O3S. The Hall–Kier alpha value is -3.58. The summed E-state index contributed by atoms with van der Waals surface area (Å²) < 4.78 is 23.1. The highest BCUT2D eigenvalue weighted by Gasteiger charge is 2.12. The molecule has 1 amide bonds. The molecule has 0 bridgehead atoms. The van der Waals surface area contributed by atoms with E-state index in [1.54, 1.807) is 30.3 Å². The van der Waals surface area contributed by atoms with Crippen LogP contribution in [-0.2, 0) is 9.84 Å². The van der Waals surface area contributed by atoms with Crippen LogP contribution in [0.15, 0.2) is 83.9 Å². The van der Waals surface area contributed by atoms with Crippen molar-refractivity contribution in [3.63, 3.8) is 0 Å². The minimum atomic E-state index is -3.41. The number of benzene rings is 3. The fraction of sp³-hybridized carbons (Fsp3) is 0.0455. The summed E-state index contributed by atoms with van der Waals surface area (Å²) in [6, 6.07) is 23.5. The monoisotopic (exact) mass is 403 g/mol. The number of carbonyl (C=O) groups is 1. The minimum absolute atomic E-state index is 0.0818. The lowest BCUT2D eigenvalue weighted by Crippen LogP contribution is -2.12. The van der Waals surface area contributed by atoms with Crippen molar-refractivity contribution < 1.29 is 13.2 Å². The molecule has 7 heteroatoms. The molecule has 1 aromatic heterocycles. The number of anilines is 1. The molecule has 0 aliphatic rings. The Bertz CT molecular complexity index is 1310. The van der Waals surface area contributed by atoms with Crippen LogP contribution in [0.25, 0.3) is 22.0 Å². The van der Waals surface area contributed by atoms with E-state index in [1.807, 2.05) is 42.5 Å². The van der Waals surface area contributed by atoms with E-state index >= 15 is 0 Å². The van der Waals surface area contributed by atoms with Gasteiger partial charge in [-0.2, -0.15) is 0 Å². The molecule has 0 aliphatic carbocycles. The van der Waals surface area contributed by atoms with Crippen LogP contribution in [0.2, 0.25) is 0 Å². The van der Waals surface area contributed by atoms with Crippen molar-refractivity contribution in [3.8, 4) is 11.3 Å². The van der Waals surface area contributed by atoms with Gasteiger partial charge in [0.15, 0.2) is 14.9 Å². The molecule has 0 atom stereocenters. The van der Waals surface area contributed by atoms with Crippen LogP contribution in [0.3, 0.4) is 0 Å². The highest BCUT2D eigenvalue weighted by Crippen LogP contribution is 2.23. The van der Waals surface area contributed by atoms with Crippen molar-refractivity contribution in [2.45, 2.75) is 5.03 Å². The van der Waals surface area contributed by atoms with Gasteiger partial charge in [-0.25, -0.2) is 8.42 Å². The zero-order valence-electron chi connectivity index (χ0n) is 15.5. The smallest absolute Gasteiger partial charge is 0.256 e. The Morgan fingerprint density at radius 2 is 1.62 bits per heavy atom. The molecular weight excluding hydrogens is 386 g/mol. The molecule has 3 aromatic carbocycles. The molecule has 0 saturated carbocycles. The van der Waals surface area contributed by atoms with E-state index in [0.717, 1.165) is 17.0 Å². The van der Waals surface area contributed by atoms with Crippen molar-refractivity contribution in [1.29, 1.82) is 0 Å². The lowest BCUT2D eigenvalue weighted by Gasteiger charge is -2.09. The third-order valence-corrected chi connectivity index (χ3v) is 5.45. The van der Waals surface area contributed by atoms with Crippen LogP contribution in [0.4, 0.5) is 5.69 Å². The molecule has 0 aliphatic heterocycles. The van der Waals surface area contributed by atoms with Crippen LogP contribution in [0, 0.1) is 0 Å². The summed E-state index contributed by atoms with van der Waals surface area (Å²) in [4.78, 5) is 12.8. The van der Waals surface area contributed by atoms with Crippen LogP contribution in [-0.4, -0.2) is 30.8 Å². The van der Waals surface area contributed by atoms with Crippen LogP contribution in [0.5, 0.6) is 0 Å². The molecule has 1 N–H and O–H groups in total. The number of nitrogens with zero attached hydrogens (tertiary/aromatic N) is 2. The largest absolute Gasteiger partial charge is 0.322 e. The highest BCUT2D eigenvalue weighted by atomic mass is 32.2. The number of carbonyl (C=O) groups excluding carboxylic acids is 1. The Morgan fingerprint density at radius 3 is 2.38 bits per heavy atom. The summed E-state index contributed by atoms with van der Waals surface area (Å²) in [6.45, 7) is 0. The molecule has 29 heavy (non-hydrogen) atoms. The first-order chi connectivity index (χ1) is 13.9. The minimum Gasteiger partial charge on any atom is -0.322 e. The molecule has 0 unspecified atom stereocenters. The number of rotatable bonds is 4. The van der Waals surface area contributed by atoms with Gasteiger partial charge in [-0.1, -0.05) is 48.5 Å². The fourth-order valence-electron chi connectivity index (χ4n) is 3.05. The van der Waals surface area contributed by atoms with Crippen molar-refractivity contribution in [2.24, 2.45) is 0 Å². The van der Waals surface area contributed by atoms with E-state index in [0.29, 0.717) is 22.5 Å². The van der Waals surface area contributed by atoms with Crippen molar-refractivity contribution in [3.05, 3.63) is 84.4 Å². The van der Waals surface area contributed by atoms with Crippen molar-refractivity contribution in [1.82, 2.24) is 10.2 Å². The molecule has 6 nitrogen and oxygen atoms in total. The number of hydrogen-bond donors (Lipinski definition) is 1. The number of amides is 1. The summed E-state index contributed by atoms with van der Waals surface area (Å²) in [6.07, 6.45) is 1.08. The van der Waals surface area contributed by atoms with Gasteiger partial charge < -0.3 is 5.32 Å². The number of sulfone groups is 1. The Kier molecular flexibility index (Phi) is 4.82. The molecule has 0 saturated heterocycles. The number of nitrogens with one attached hydrogen (secondary N) is 1. The van der Waals surface area contributed by atoms with Gasteiger partial charge in [-0.15, -0.1) is 10.2 Å². The van der Waals surface area contributed by atoms with E-state index in [9.17, 15) is 13.2 Å². The Labute approximate surface area is 168 Å². The third kappa shape index (κ3) is 4.00. The maximum Gasteiger partial charge on any atom is 0.256 e. The lowest BCUT2D eigenvalue weighted by atomic mass is 10.0. The average molecular weight is 403 g/mol. The molecule has 144 valence electrons. The third-order valence-electron chi connectivity index (χ3n) is 4.47. The maximum absolute atomic E-state index is 12.8. The number of hydrogen-bond acceptors (Lipinski definition) is 5. The van der Waals surface area contributed by atoms with Crippen LogP contribution >= 0.6 is 0 Å². The van der Waals surface area contributed by atoms with Crippen LogP contribution in [0.1, 0.15) is 10.4 Å². The predicted molar refractivity (Wildman–Crippen MR) is 112 cm³/mol. The normalized spacial score (nSPS) is 11.3. The zero-order valence-corrected chi connectivity index (χ0v) is 16.3. The summed E-state index contributed by atoms with van der Waals surface area (Å²) in [5.74, 6) is -0.211. The Morgan fingerprint density at radius 1 is 0.862 bits per heavy atom. The van der Waals surface area contributed by atoms with Gasteiger partial charge in [-0.05, 0) is 41.1 Å². The number of fused-ring (bicyclic) bond motifs is 1. The average Bonchev–Trinajstić information content (AvgIpc) is 2.73. The molecule has 0 fully saturated rings. The van der Waals surface area contributed by atoms with Gasteiger partial charge >= 0.3 is 0 Å². The molecule has 0 radical (unpaired) electrons. The maximum atomic E-state index is 12.8. The predicted octanol–water partition coefficient (Wildman–Crippen LogP) is 3.95. The topological polar surface area (TPSA) is 89.0 Å².